The highest BCUT2D eigenvalue weighted by Gasteiger charge is 2.24. The second-order valence-corrected chi connectivity index (χ2v) is 7.36. The van der Waals surface area contributed by atoms with Crippen LogP contribution in [0.4, 0.5) is 0 Å². The van der Waals surface area contributed by atoms with E-state index in [9.17, 15) is 14.7 Å². The average Bonchev–Trinajstić information content (AvgIpc) is 2.66. The number of thiol groups is 1. The van der Waals surface area contributed by atoms with E-state index in [-0.39, 0.29) is 11.8 Å². The topological polar surface area (TPSA) is 66.4 Å². The monoisotopic (exact) mass is 389 g/mol. The van der Waals surface area contributed by atoms with Crippen LogP contribution in [-0.2, 0) is 21.8 Å². The van der Waals surface area contributed by atoms with E-state index in [1.165, 1.54) is 11.8 Å². The predicted octanol–water partition coefficient (Wildman–Crippen LogP) is 3.28. The molecule has 2 rings (SSSR count). The Balaban J connectivity index is 1.88. The molecule has 0 heterocycles. The van der Waals surface area contributed by atoms with Crippen LogP contribution < -0.4 is 5.32 Å². The Bertz CT molecular complexity index is 695. The zero-order chi connectivity index (χ0) is 18.8. The smallest absolute Gasteiger partial charge is 0.327 e. The van der Waals surface area contributed by atoms with Gasteiger partial charge in [0.1, 0.15) is 6.04 Å². The minimum absolute atomic E-state index is 0.267. The Kier molecular flexibility index (Phi) is 8.58. The van der Waals surface area contributed by atoms with Crippen molar-refractivity contribution in [1.82, 2.24) is 5.32 Å². The molecular weight excluding hydrogens is 366 g/mol. The highest BCUT2D eigenvalue weighted by molar-refractivity contribution is 7.98. The summed E-state index contributed by atoms with van der Waals surface area (Å²) in [5, 5.41) is 12.1. The van der Waals surface area contributed by atoms with Crippen LogP contribution in [0.15, 0.2) is 60.7 Å². The van der Waals surface area contributed by atoms with Crippen molar-refractivity contribution in [2.75, 3.05) is 11.5 Å². The molecule has 26 heavy (non-hydrogen) atoms. The first-order valence-electron chi connectivity index (χ1n) is 8.39. The number of thioether (sulfide) groups is 1. The molecule has 0 bridgehead atoms. The van der Waals surface area contributed by atoms with Crippen molar-refractivity contribution in [2.45, 2.75) is 18.2 Å². The third-order valence-electron chi connectivity index (χ3n) is 3.93. The Morgan fingerprint density at radius 1 is 1.00 bits per heavy atom. The van der Waals surface area contributed by atoms with Crippen molar-refractivity contribution >= 4 is 36.3 Å². The lowest BCUT2D eigenvalue weighted by molar-refractivity contribution is -0.141. The van der Waals surface area contributed by atoms with Crippen LogP contribution in [0, 0.1) is 5.92 Å². The first-order chi connectivity index (χ1) is 12.6. The standard InChI is InChI=1S/C20H23NO3S2/c22-19(17(12-25)11-15-7-3-1-4-8-15)21-18(20(23)24)14-26-13-16-9-5-2-6-10-16/h1-10,17-18,25H,11-14H2,(H,21,22)(H,23,24)/t17?,18-/m1/s1. The second-order valence-electron chi connectivity index (χ2n) is 5.97. The van der Waals surface area contributed by atoms with Gasteiger partial charge in [-0.05, 0) is 17.5 Å². The van der Waals surface area contributed by atoms with Gasteiger partial charge in [-0.15, -0.1) is 0 Å². The summed E-state index contributed by atoms with van der Waals surface area (Å²) in [6.45, 7) is 0. The van der Waals surface area contributed by atoms with Crippen molar-refractivity contribution < 1.29 is 14.7 Å². The van der Waals surface area contributed by atoms with Gasteiger partial charge in [0.15, 0.2) is 0 Å². The maximum Gasteiger partial charge on any atom is 0.327 e. The Morgan fingerprint density at radius 2 is 1.58 bits per heavy atom. The van der Waals surface area contributed by atoms with Crippen molar-refractivity contribution in [3.63, 3.8) is 0 Å². The normalized spacial score (nSPS) is 13.0. The van der Waals surface area contributed by atoms with Gasteiger partial charge >= 0.3 is 5.97 Å². The summed E-state index contributed by atoms with van der Waals surface area (Å²) in [6.07, 6.45) is 0.541. The molecule has 0 saturated carbocycles. The summed E-state index contributed by atoms with van der Waals surface area (Å²) in [5.74, 6) is -0.250. The van der Waals surface area contributed by atoms with E-state index in [1.807, 2.05) is 60.7 Å². The number of benzene rings is 2. The molecule has 0 aromatic heterocycles. The zero-order valence-electron chi connectivity index (χ0n) is 14.4. The molecule has 0 aliphatic carbocycles. The molecule has 4 nitrogen and oxygen atoms in total. The number of carboxylic acids is 1. The number of amides is 1. The van der Waals surface area contributed by atoms with Gasteiger partial charge in [-0.25, -0.2) is 4.79 Å². The first kappa shape index (κ1) is 20.4. The summed E-state index contributed by atoms with van der Waals surface area (Å²) in [6, 6.07) is 18.6. The third kappa shape index (κ3) is 6.77. The van der Waals surface area contributed by atoms with Crippen molar-refractivity contribution in [3.05, 3.63) is 71.8 Å². The SMILES string of the molecule is O=C(N[C@H](CSCc1ccccc1)C(=O)O)C(CS)Cc1ccccc1. The summed E-state index contributed by atoms with van der Waals surface area (Å²) in [5.41, 5.74) is 2.16. The lowest BCUT2D eigenvalue weighted by Gasteiger charge is -2.19. The van der Waals surface area contributed by atoms with Crippen LogP contribution >= 0.6 is 24.4 Å². The van der Waals surface area contributed by atoms with Gasteiger partial charge in [0.2, 0.25) is 5.91 Å². The molecule has 0 aliphatic rings. The van der Waals surface area contributed by atoms with Crippen LogP contribution in [0.1, 0.15) is 11.1 Å². The fourth-order valence-corrected chi connectivity index (χ4v) is 3.77. The number of carboxylic acid groups (broad SMARTS) is 1. The maximum absolute atomic E-state index is 12.5. The summed E-state index contributed by atoms with van der Waals surface area (Å²) in [4.78, 5) is 24.0. The first-order valence-corrected chi connectivity index (χ1v) is 10.2. The number of carbonyl (C=O) groups excluding carboxylic acids is 1. The Labute approximate surface area is 163 Å². The highest BCUT2D eigenvalue weighted by Crippen LogP contribution is 2.15. The predicted molar refractivity (Wildman–Crippen MR) is 110 cm³/mol. The zero-order valence-corrected chi connectivity index (χ0v) is 16.1. The van der Waals surface area contributed by atoms with E-state index in [0.717, 1.165) is 11.1 Å². The molecule has 1 unspecified atom stereocenters. The maximum atomic E-state index is 12.5. The van der Waals surface area contributed by atoms with Gasteiger partial charge in [-0.2, -0.15) is 24.4 Å². The molecule has 2 aromatic carbocycles. The van der Waals surface area contributed by atoms with Crippen LogP contribution in [0.25, 0.3) is 0 Å². The third-order valence-corrected chi connectivity index (χ3v) is 5.47. The van der Waals surface area contributed by atoms with Gasteiger partial charge < -0.3 is 10.4 Å². The van der Waals surface area contributed by atoms with E-state index in [1.54, 1.807) is 0 Å². The molecule has 1 amide bonds. The molecule has 0 radical (unpaired) electrons. The summed E-state index contributed by atoms with van der Waals surface area (Å²) in [7, 11) is 0. The molecular formula is C20H23NO3S2. The molecule has 2 aromatic rings. The van der Waals surface area contributed by atoms with Gasteiger partial charge in [0.05, 0.1) is 5.92 Å². The number of hydrogen-bond donors (Lipinski definition) is 3. The molecule has 0 fully saturated rings. The number of hydrogen-bond acceptors (Lipinski definition) is 4. The molecule has 6 heteroatoms. The van der Waals surface area contributed by atoms with Gasteiger partial charge in [0, 0.05) is 17.3 Å². The van der Waals surface area contributed by atoms with Gasteiger partial charge in [-0.1, -0.05) is 60.7 Å². The summed E-state index contributed by atoms with van der Waals surface area (Å²) >= 11 is 5.76. The van der Waals surface area contributed by atoms with Crippen molar-refractivity contribution in [2.24, 2.45) is 5.92 Å². The largest absolute Gasteiger partial charge is 0.480 e. The fourth-order valence-electron chi connectivity index (χ4n) is 2.47. The average molecular weight is 390 g/mol. The van der Waals surface area contributed by atoms with E-state index in [0.29, 0.717) is 23.7 Å². The van der Waals surface area contributed by atoms with Crippen LogP contribution in [0.2, 0.25) is 0 Å². The molecule has 2 atom stereocenters. The van der Waals surface area contributed by atoms with Gasteiger partial charge in [0.25, 0.3) is 0 Å². The van der Waals surface area contributed by atoms with Crippen molar-refractivity contribution in [1.29, 1.82) is 0 Å². The van der Waals surface area contributed by atoms with Crippen molar-refractivity contribution in [3.8, 4) is 0 Å². The van der Waals surface area contributed by atoms with E-state index < -0.39 is 12.0 Å². The number of rotatable bonds is 10. The minimum atomic E-state index is -1.02. The Hall–Kier alpha value is -1.92. The lowest BCUT2D eigenvalue weighted by atomic mass is 10.00. The minimum Gasteiger partial charge on any atom is -0.480 e. The number of nitrogens with one attached hydrogen (secondary N) is 1. The van der Waals surface area contributed by atoms with E-state index in [2.05, 4.69) is 17.9 Å². The van der Waals surface area contributed by atoms with Crippen LogP contribution in [0.3, 0.4) is 0 Å². The van der Waals surface area contributed by atoms with Crippen LogP contribution in [-0.4, -0.2) is 34.5 Å². The molecule has 0 saturated heterocycles. The highest BCUT2D eigenvalue weighted by atomic mass is 32.2. The summed E-state index contributed by atoms with van der Waals surface area (Å²) < 4.78 is 0. The Morgan fingerprint density at radius 3 is 2.12 bits per heavy atom. The van der Waals surface area contributed by atoms with E-state index in [4.69, 9.17) is 0 Å². The number of aliphatic carboxylic acids is 1. The van der Waals surface area contributed by atoms with E-state index >= 15 is 0 Å². The quantitative estimate of drug-likeness (QED) is 0.546. The molecule has 2 N–H and O–H groups in total. The fraction of sp³-hybridized carbons (Fsp3) is 0.300. The lowest BCUT2D eigenvalue weighted by Crippen LogP contribution is -2.46. The van der Waals surface area contributed by atoms with Crippen LogP contribution in [0.5, 0.6) is 0 Å². The second kappa shape index (κ2) is 10.9. The molecule has 138 valence electrons. The molecule has 0 aliphatic heterocycles. The molecule has 0 spiro atoms. The van der Waals surface area contributed by atoms with Gasteiger partial charge in [-0.3, -0.25) is 4.79 Å². The number of carbonyl (C=O) groups is 2.